The van der Waals surface area contributed by atoms with Gasteiger partial charge in [-0.25, -0.2) is 0 Å². The van der Waals surface area contributed by atoms with Gasteiger partial charge < -0.3 is 4.90 Å². The molecule has 0 spiro atoms. The van der Waals surface area contributed by atoms with Crippen molar-refractivity contribution >= 4 is 21.8 Å². The van der Waals surface area contributed by atoms with Gasteiger partial charge in [-0.1, -0.05) is 28.1 Å². The lowest BCUT2D eigenvalue weighted by Gasteiger charge is -2.23. The van der Waals surface area contributed by atoms with E-state index in [0.717, 1.165) is 30.5 Å². The number of amides is 1. The van der Waals surface area contributed by atoms with E-state index in [1.165, 1.54) is 5.56 Å². The molecule has 0 atom stereocenters. The Balaban J connectivity index is 2.37. The molecule has 1 rings (SSSR count). The van der Waals surface area contributed by atoms with E-state index in [4.69, 9.17) is 0 Å². The summed E-state index contributed by atoms with van der Waals surface area (Å²) in [7, 11) is 2.00. The Morgan fingerprint density at radius 2 is 1.74 bits per heavy atom. The summed E-state index contributed by atoms with van der Waals surface area (Å²) in [6.45, 7) is 7.01. The quantitative estimate of drug-likeness (QED) is 0.769. The normalized spacial score (nSPS) is 10.8. The van der Waals surface area contributed by atoms with Gasteiger partial charge in [-0.3, -0.25) is 9.69 Å². The van der Waals surface area contributed by atoms with Crippen molar-refractivity contribution in [2.45, 2.75) is 20.3 Å². The van der Waals surface area contributed by atoms with Crippen molar-refractivity contribution in [3.8, 4) is 0 Å². The molecule has 4 heteroatoms. The number of nitrogens with zero attached hydrogens (tertiary/aromatic N) is 2. The molecular formula is C15H23BrN2O. The Morgan fingerprint density at radius 3 is 2.26 bits per heavy atom. The zero-order valence-corrected chi connectivity index (χ0v) is 13.6. The molecule has 0 saturated heterocycles. The van der Waals surface area contributed by atoms with Crippen molar-refractivity contribution in [2.24, 2.45) is 0 Å². The van der Waals surface area contributed by atoms with Gasteiger partial charge in [-0.05, 0) is 45.0 Å². The van der Waals surface area contributed by atoms with Gasteiger partial charge in [-0.2, -0.15) is 0 Å². The van der Waals surface area contributed by atoms with E-state index in [-0.39, 0.29) is 5.91 Å². The zero-order valence-electron chi connectivity index (χ0n) is 12.0. The molecule has 0 aliphatic rings. The summed E-state index contributed by atoms with van der Waals surface area (Å²) in [5.41, 5.74) is 1.30. The van der Waals surface area contributed by atoms with E-state index in [0.29, 0.717) is 6.54 Å². The number of carbonyl (C=O) groups is 1. The Labute approximate surface area is 124 Å². The van der Waals surface area contributed by atoms with Crippen LogP contribution in [0.1, 0.15) is 19.4 Å². The third-order valence-electron chi connectivity index (χ3n) is 3.22. The van der Waals surface area contributed by atoms with Gasteiger partial charge in [0.15, 0.2) is 0 Å². The summed E-state index contributed by atoms with van der Waals surface area (Å²) in [5, 5.41) is 0. The van der Waals surface area contributed by atoms with E-state index in [1.54, 1.807) is 0 Å². The Bertz CT molecular complexity index is 388. The lowest BCUT2D eigenvalue weighted by molar-refractivity contribution is -0.131. The van der Waals surface area contributed by atoms with Crippen LogP contribution in [-0.2, 0) is 11.2 Å². The first-order valence-electron chi connectivity index (χ1n) is 6.77. The molecule has 106 valence electrons. The van der Waals surface area contributed by atoms with Crippen LogP contribution in [0.15, 0.2) is 28.7 Å². The predicted molar refractivity (Wildman–Crippen MR) is 83.3 cm³/mol. The smallest absolute Gasteiger partial charge is 0.236 e. The van der Waals surface area contributed by atoms with Crippen LogP contribution in [0.5, 0.6) is 0 Å². The monoisotopic (exact) mass is 326 g/mol. The fourth-order valence-electron chi connectivity index (χ4n) is 1.96. The van der Waals surface area contributed by atoms with Crippen molar-refractivity contribution in [1.29, 1.82) is 0 Å². The minimum absolute atomic E-state index is 0.211. The highest BCUT2D eigenvalue weighted by Crippen LogP contribution is 2.11. The Morgan fingerprint density at radius 1 is 1.16 bits per heavy atom. The van der Waals surface area contributed by atoms with E-state index in [9.17, 15) is 4.79 Å². The first kappa shape index (κ1) is 16.2. The van der Waals surface area contributed by atoms with E-state index >= 15 is 0 Å². The minimum atomic E-state index is 0.211. The van der Waals surface area contributed by atoms with E-state index in [2.05, 4.69) is 45.1 Å². The third-order valence-corrected chi connectivity index (χ3v) is 3.75. The molecule has 0 bridgehead atoms. The first-order valence-corrected chi connectivity index (χ1v) is 7.56. The number of rotatable bonds is 7. The lowest BCUT2D eigenvalue weighted by atomic mass is 10.1. The molecule has 19 heavy (non-hydrogen) atoms. The Hall–Kier alpha value is -0.870. The predicted octanol–water partition coefficient (Wildman–Crippen LogP) is 2.79. The van der Waals surface area contributed by atoms with Crippen LogP contribution in [0.4, 0.5) is 0 Å². The van der Waals surface area contributed by atoms with Gasteiger partial charge in [0.1, 0.15) is 0 Å². The van der Waals surface area contributed by atoms with Crippen molar-refractivity contribution in [2.75, 3.05) is 33.2 Å². The summed E-state index contributed by atoms with van der Waals surface area (Å²) < 4.78 is 1.10. The molecule has 0 aliphatic heterocycles. The second-order valence-electron chi connectivity index (χ2n) is 4.68. The molecule has 0 heterocycles. The summed E-state index contributed by atoms with van der Waals surface area (Å²) in [6.07, 6.45) is 0.968. The maximum absolute atomic E-state index is 11.9. The molecule has 0 unspecified atom stereocenters. The van der Waals surface area contributed by atoms with Crippen LogP contribution < -0.4 is 0 Å². The third kappa shape index (κ3) is 5.74. The lowest BCUT2D eigenvalue weighted by Crippen LogP contribution is -2.39. The number of halogens is 1. The first-order chi connectivity index (χ1) is 9.06. The molecule has 3 nitrogen and oxygen atoms in total. The molecule has 0 N–H and O–H groups in total. The maximum atomic E-state index is 11.9. The highest BCUT2D eigenvalue weighted by Gasteiger charge is 2.11. The number of likely N-dealkylation sites (N-methyl/N-ethyl adjacent to an activating group) is 2. The van der Waals surface area contributed by atoms with Gasteiger partial charge in [0.25, 0.3) is 0 Å². The standard InChI is InChI=1S/C15H23BrN2O/c1-4-18(5-2)15(19)12-17(3)11-10-13-6-8-14(16)9-7-13/h6-9H,4-5,10-12H2,1-3H3. The van der Waals surface area contributed by atoms with Gasteiger partial charge in [0.05, 0.1) is 6.54 Å². The largest absolute Gasteiger partial charge is 0.342 e. The SMILES string of the molecule is CCN(CC)C(=O)CN(C)CCc1ccc(Br)cc1. The van der Waals surface area contributed by atoms with Gasteiger partial charge in [-0.15, -0.1) is 0 Å². The number of hydrogen-bond acceptors (Lipinski definition) is 2. The average Bonchev–Trinajstić information content (AvgIpc) is 2.39. The van der Waals surface area contributed by atoms with E-state index < -0.39 is 0 Å². The second kappa shape index (κ2) is 8.33. The minimum Gasteiger partial charge on any atom is -0.342 e. The average molecular weight is 327 g/mol. The fourth-order valence-corrected chi connectivity index (χ4v) is 2.22. The van der Waals surface area contributed by atoms with Crippen molar-refractivity contribution in [1.82, 2.24) is 9.80 Å². The number of benzene rings is 1. The highest BCUT2D eigenvalue weighted by atomic mass is 79.9. The van der Waals surface area contributed by atoms with Crippen molar-refractivity contribution < 1.29 is 4.79 Å². The van der Waals surface area contributed by atoms with Crippen LogP contribution in [0, 0.1) is 0 Å². The molecule has 0 radical (unpaired) electrons. The van der Waals surface area contributed by atoms with Gasteiger partial charge >= 0.3 is 0 Å². The molecule has 1 aromatic carbocycles. The summed E-state index contributed by atoms with van der Waals surface area (Å²) in [6, 6.07) is 8.33. The van der Waals surface area contributed by atoms with Crippen LogP contribution in [0.3, 0.4) is 0 Å². The van der Waals surface area contributed by atoms with Crippen LogP contribution in [-0.4, -0.2) is 48.9 Å². The highest BCUT2D eigenvalue weighted by molar-refractivity contribution is 9.10. The number of hydrogen-bond donors (Lipinski definition) is 0. The zero-order chi connectivity index (χ0) is 14.3. The van der Waals surface area contributed by atoms with Gasteiger partial charge in [0.2, 0.25) is 5.91 Å². The van der Waals surface area contributed by atoms with Crippen LogP contribution in [0.2, 0.25) is 0 Å². The molecule has 0 fully saturated rings. The van der Waals surface area contributed by atoms with Crippen molar-refractivity contribution in [3.63, 3.8) is 0 Å². The van der Waals surface area contributed by atoms with E-state index in [1.807, 2.05) is 25.8 Å². The molecule has 1 aromatic rings. The van der Waals surface area contributed by atoms with Crippen molar-refractivity contribution in [3.05, 3.63) is 34.3 Å². The maximum Gasteiger partial charge on any atom is 0.236 e. The Kier molecular flexibility index (Phi) is 7.10. The van der Waals surface area contributed by atoms with Crippen LogP contribution >= 0.6 is 15.9 Å². The molecule has 0 saturated carbocycles. The summed E-state index contributed by atoms with van der Waals surface area (Å²) in [5.74, 6) is 0.211. The summed E-state index contributed by atoms with van der Waals surface area (Å²) in [4.78, 5) is 15.9. The fraction of sp³-hybridized carbons (Fsp3) is 0.533. The number of carbonyl (C=O) groups excluding carboxylic acids is 1. The van der Waals surface area contributed by atoms with Crippen LogP contribution in [0.25, 0.3) is 0 Å². The molecule has 0 aliphatic carbocycles. The second-order valence-corrected chi connectivity index (χ2v) is 5.60. The van der Waals surface area contributed by atoms with Gasteiger partial charge in [0, 0.05) is 24.1 Å². The molecule has 0 aromatic heterocycles. The topological polar surface area (TPSA) is 23.6 Å². The molecular weight excluding hydrogens is 304 g/mol. The molecule has 1 amide bonds. The summed E-state index contributed by atoms with van der Waals surface area (Å²) >= 11 is 3.43.